The van der Waals surface area contributed by atoms with Gasteiger partial charge in [0.1, 0.15) is 5.82 Å². The molecule has 0 unspecified atom stereocenters. The average Bonchev–Trinajstić information content (AvgIpc) is 2.54. The number of aromatic nitrogens is 2. The molecule has 0 atom stereocenters. The number of anilines is 1. The summed E-state index contributed by atoms with van der Waals surface area (Å²) in [6, 6.07) is 5.92. The van der Waals surface area contributed by atoms with Gasteiger partial charge in [-0.3, -0.25) is 0 Å². The summed E-state index contributed by atoms with van der Waals surface area (Å²) >= 11 is 20.2. The van der Waals surface area contributed by atoms with Gasteiger partial charge in [-0.25, -0.2) is 9.97 Å². The van der Waals surface area contributed by atoms with E-state index in [-0.39, 0.29) is 5.82 Å². The molecule has 0 saturated carbocycles. The van der Waals surface area contributed by atoms with E-state index in [0.29, 0.717) is 5.82 Å². The molecule has 1 aromatic carbocycles. The summed E-state index contributed by atoms with van der Waals surface area (Å²) in [6.45, 7) is 8.30. The highest BCUT2D eigenvalue weighted by molar-refractivity contribution is 14.1. The first-order valence-electron chi connectivity index (χ1n) is 7.85. The molecular formula is C16H20Cl3IN4. The molecule has 0 spiro atoms. The summed E-state index contributed by atoms with van der Waals surface area (Å²) in [5.74, 6) is 0.895. The number of fused-ring (bicyclic) bond motifs is 1. The Morgan fingerprint density at radius 3 is 2.50 bits per heavy atom. The average molecular weight is 502 g/mol. The summed E-state index contributed by atoms with van der Waals surface area (Å²) in [5.41, 5.74) is 0.762. The van der Waals surface area contributed by atoms with Crippen LogP contribution < -0.4 is 5.32 Å². The summed E-state index contributed by atoms with van der Waals surface area (Å²) in [4.78, 5) is 11.2. The fourth-order valence-electron chi connectivity index (χ4n) is 2.41. The van der Waals surface area contributed by atoms with Gasteiger partial charge in [0, 0.05) is 15.5 Å². The van der Waals surface area contributed by atoms with Crippen LogP contribution in [0.25, 0.3) is 10.9 Å². The first kappa shape index (κ1) is 20.2. The lowest BCUT2D eigenvalue weighted by Gasteiger charge is -2.18. The molecule has 0 radical (unpaired) electrons. The van der Waals surface area contributed by atoms with Gasteiger partial charge in [-0.15, -0.1) is 0 Å². The summed E-state index contributed by atoms with van der Waals surface area (Å²) in [5, 5.41) is 4.31. The Hall–Kier alpha value is -0.0800. The molecule has 1 N–H and O–H groups in total. The predicted molar refractivity (Wildman–Crippen MR) is 112 cm³/mol. The zero-order valence-corrected chi connectivity index (χ0v) is 18.0. The van der Waals surface area contributed by atoms with E-state index >= 15 is 0 Å². The minimum absolute atomic E-state index is 0.187. The van der Waals surface area contributed by atoms with Crippen LogP contribution in [0.5, 0.6) is 0 Å². The van der Waals surface area contributed by atoms with Crippen molar-refractivity contribution in [1.29, 1.82) is 0 Å². The molecule has 0 aliphatic carbocycles. The van der Waals surface area contributed by atoms with Crippen molar-refractivity contribution >= 4 is 74.1 Å². The third-order valence-electron chi connectivity index (χ3n) is 3.75. The zero-order chi connectivity index (χ0) is 17.7. The molecule has 8 heteroatoms. The minimum atomic E-state index is -1.64. The van der Waals surface area contributed by atoms with Gasteiger partial charge in [0.2, 0.25) is 3.79 Å². The van der Waals surface area contributed by atoms with Crippen molar-refractivity contribution in [2.45, 2.75) is 24.1 Å². The Morgan fingerprint density at radius 1 is 1.17 bits per heavy atom. The first-order chi connectivity index (χ1) is 11.3. The third-order valence-corrected chi connectivity index (χ3v) is 4.93. The number of nitrogens with one attached hydrogen (secondary N) is 1. The molecule has 0 aliphatic rings. The van der Waals surface area contributed by atoms with Gasteiger partial charge >= 0.3 is 0 Å². The first-order valence-corrected chi connectivity index (χ1v) is 10.1. The molecule has 2 aromatic rings. The van der Waals surface area contributed by atoms with Crippen molar-refractivity contribution in [1.82, 2.24) is 14.9 Å². The van der Waals surface area contributed by atoms with Crippen molar-refractivity contribution in [3.63, 3.8) is 0 Å². The lowest BCUT2D eigenvalue weighted by molar-refractivity contribution is 0.303. The van der Waals surface area contributed by atoms with Crippen molar-refractivity contribution in [2.75, 3.05) is 31.5 Å². The largest absolute Gasteiger partial charge is 0.369 e. The van der Waals surface area contributed by atoms with Gasteiger partial charge in [0.25, 0.3) is 0 Å². The maximum absolute atomic E-state index is 5.97. The maximum Gasteiger partial charge on any atom is 0.250 e. The van der Waals surface area contributed by atoms with Gasteiger partial charge in [-0.05, 0) is 66.8 Å². The van der Waals surface area contributed by atoms with Crippen molar-refractivity contribution in [3.05, 3.63) is 27.6 Å². The molecule has 0 bridgehead atoms. The Morgan fingerprint density at radius 2 is 1.88 bits per heavy atom. The molecule has 0 fully saturated rings. The number of benzene rings is 1. The molecular weight excluding hydrogens is 481 g/mol. The van der Waals surface area contributed by atoms with Crippen LogP contribution in [0.15, 0.2) is 18.2 Å². The molecule has 132 valence electrons. The van der Waals surface area contributed by atoms with Gasteiger partial charge in [0.05, 0.1) is 5.52 Å². The minimum Gasteiger partial charge on any atom is -0.369 e. The Balaban J connectivity index is 2.22. The standard InChI is InChI=1S/C16H20Cl3IN4/c1-3-24(4-2)9-5-8-21-14-12-10-11(20)6-7-13(12)22-15(23-14)16(17,18)19/h6-7,10H,3-5,8-9H2,1-2H3,(H,21,22,23). The highest BCUT2D eigenvalue weighted by Crippen LogP contribution is 2.37. The van der Waals surface area contributed by atoms with E-state index in [2.05, 4.69) is 56.6 Å². The lowest BCUT2D eigenvalue weighted by atomic mass is 10.2. The number of rotatable bonds is 7. The lowest BCUT2D eigenvalue weighted by Crippen LogP contribution is -2.25. The van der Waals surface area contributed by atoms with Gasteiger partial charge in [-0.2, -0.15) is 0 Å². The van der Waals surface area contributed by atoms with Crippen LogP contribution >= 0.6 is 57.4 Å². The van der Waals surface area contributed by atoms with Crippen LogP contribution in [0.1, 0.15) is 26.1 Å². The number of alkyl halides is 3. The van der Waals surface area contributed by atoms with Crippen LogP contribution in [0.2, 0.25) is 0 Å². The fraction of sp³-hybridized carbons (Fsp3) is 0.500. The molecule has 4 nitrogen and oxygen atoms in total. The van der Waals surface area contributed by atoms with Crippen LogP contribution in [-0.4, -0.2) is 41.0 Å². The third kappa shape index (κ3) is 5.46. The predicted octanol–water partition coefficient (Wildman–Crippen LogP) is 5.20. The van der Waals surface area contributed by atoms with Crippen molar-refractivity contribution in [3.8, 4) is 0 Å². The second-order valence-electron chi connectivity index (χ2n) is 5.36. The van der Waals surface area contributed by atoms with Gasteiger partial charge < -0.3 is 10.2 Å². The number of hydrogen-bond donors (Lipinski definition) is 1. The Bertz CT molecular complexity index is 687. The summed E-state index contributed by atoms with van der Waals surface area (Å²) < 4.78 is -0.536. The number of nitrogens with zero attached hydrogens (tertiary/aromatic N) is 3. The van der Waals surface area contributed by atoms with Crippen LogP contribution in [-0.2, 0) is 3.79 Å². The zero-order valence-electron chi connectivity index (χ0n) is 13.6. The van der Waals surface area contributed by atoms with Crippen molar-refractivity contribution < 1.29 is 0 Å². The van der Waals surface area contributed by atoms with Crippen LogP contribution in [0.4, 0.5) is 5.82 Å². The molecule has 2 rings (SSSR count). The highest BCUT2D eigenvalue weighted by atomic mass is 127. The number of halogens is 4. The Labute approximate surface area is 171 Å². The SMILES string of the molecule is CCN(CC)CCCNc1nc(C(Cl)(Cl)Cl)nc2ccc(I)cc12. The topological polar surface area (TPSA) is 41.0 Å². The smallest absolute Gasteiger partial charge is 0.250 e. The second-order valence-corrected chi connectivity index (χ2v) is 8.89. The van der Waals surface area contributed by atoms with E-state index in [4.69, 9.17) is 34.8 Å². The molecule has 1 heterocycles. The van der Waals surface area contributed by atoms with E-state index < -0.39 is 3.79 Å². The molecule has 0 amide bonds. The second kappa shape index (κ2) is 9.03. The van der Waals surface area contributed by atoms with E-state index in [0.717, 1.165) is 47.1 Å². The monoisotopic (exact) mass is 500 g/mol. The van der Waals surface area contributed by atoms with Crippen LogP contribution in [0, 0.1) is 3.57 Å². The normalized spacial score (nSPS) is 12.1. The van der Waals surface area contributed by atoms with Crippen molar-refractivity contribution in [2.24, 2.45) is 0 Å². The maximum atomic E-state index is 5.97. The van der Waals surface area contributed by atoms with Crippen LogP contribution in [0.3, 0.4) is 0 Å². The molecule has 1 aromatic heterocycles. The quantitative estimate of drug-likeness (QED) is 0.322. The molecule has 0 aliphatic heterocycles. The summed E-state index contributed by atoms with van der Waals surface area (Å²) in [7, 11) is 0. The summed E-state index contributed by atoms with van der Waals surface area (Å²) in [6.07, 6.45) is 1.01. The van der Waals surface area contributed by atoms with E-state index in [1.165, 1.54) is 0 Å². The molecule has 24 heavy (non-hydrogen) atoms. The van der Waals surface area contributed by atoms with E-state index in [1.807, 2.05) is 18.2 Å². The molecule has 0 saturated heterocycles. The van der Waals surface area contributed by atoms with Gasteiger partial charge in [0.15, 0.2) is 5.82 Å². The fourth-order valence-corrected chi connectivity index (χ4v) is 3.16. The Kier molecular flexibility index (Phi) is 7.61. The van der Waals surface area contributed by atoms with E-state index in [9.17, 15) is 0 Å². The van der Waals surface area contributed by atoms with Gasteiger partial charge in [-0.1, -0.05) is 48.7 Å². The number of hydrogen-bond acceptors (Lipinski definition) is 4. The van der Waals surface area contributed by atoms with E-state index in [1.54, 1.807) is 0 Å². The highest BCUT2D eigenvalue weighted by Gasteiger charge is 2.28.